The maximum absolute atomic E-state index is 13.3. The van der Waals surface area contributed by atoms with E-state index in [0.717, 1.165) is 0 Å². The fourth-order valence-electron chi connectivity index (χ4n) is 4.39. The monoisotopic (exact) mass is 496 g/mol. The van der Waals surface area contributed by atoms with E-state index in [2.05, 4.69) is 10.4 Å². The Kier molecular flexibility index (Phi) is 5.72. The largest absolute Gasteiger partial charge is 0.497 e. The molecule has 1 N–H and O–H groups in total. The number of sulfone groups is 1. The summed E-state index contributed by atoms with van der Waals surface area (Å²) >= 11 is 0. The predicted octanol–water partition coefficient (Wildman–Crippen LogP) is 2.31. The number of hydrogen-bond donors (Lipinski definition) is 1. The third-order valence-corrected chi connectivity index (χ3v) is 7.67. The normalized spacial score (nSPS) is 18.4. The van der Waals surface area contributed by atoms with Crippen molar-refractivity contribution in [2.75, 3.05) is 31.0 Å². The van der Waals surface area contributed by atoms with Crippen molar-refractivity contribution in [2.24, 2.45) is 5.92 Å². The summed E-state index contributed by atoms with van der Waals surface area (Å²) in [5, 5.41) is 7.35. The Morgan fingerprint density at radius 1 is 0.971 bits per heavy atom. The van der Waals surface area contributed by atoms with Crippen LogP contribution in [0.5, 0.6) is 11.5 Å². The van der Waals surface area contributed by atoms with Crippen LogP contribution in [0.25, 0.3) is 5.69 Å². The molecule has 2 aliphatic rings. The quantitative estimate of drug-likeness (QED) is 0.556. The van der Waals surface area contributed by atoms with E-state index in [0.29, 0.717) is 39.9 Å². The Morgan fingerprint density at radius 2 is 1.57 bits per heavy atom. The van der Waals surface area contributed by atoms with Crippen molar-refractivity contribution >= 4 is 33.2 Å². The van der Waals surface area contributed by atoms with Gasteiger partial charge in [-0.05, 0) is 48.5 Å². The van der Waals surface area contributed by atoms with Gasteiger partial charge in [-0.2, -0.15) is 5.10 Å². The minimum atomic E-state index is -3.33. The average molecular weight is 497 g/mol. The zero-order chi connectivity index (χ0) is 24.7. The predicted molar refractivity (Wildman–Crippen MR) is 129 cm³/mol. The average Bonchev–Trinajstić information content (AvgIpc) is 3.49. The van der Waals surface area contributed by atoms with Crippen LogP contribution in [0, 0.1) is 5.92 Å². The van der Waals surface area contributed by atoms with Crippen molar-refractivity contribution < 1.29 is 27.5 Å². The maximum Gasteiger partial charge on any atom is 0.230 e. The Morgan fingerprint density at radius 3 is 2.17 bits per heavy atom. The number of nitrogens with one attached hydrogen (secondary N) is 1. The number of methoxy groups -OCH3 is 2. The first-order valence-electron chi connectivity index (χ1n) is 11.0. The van der Waals surface area contributed by atoms with Gasteiger partial charge in [-0.15, -0.1) is 0 Å². The number of anilines is 2. The summed E-state index contributed by atoms with van der Waals surface area (Å²) in [6.07, 6.45) is 0.0506. The summed E-state index contributed by atoms with van der Waals surface area (Å²) < 4.78 is 36.4. The molecule has 0 aliphatic carbocycles. The third-order valence-electron chi connectivity index (χ3n) is 6.23. The van der Waals surface area contributed by atoms with E-state index in [4.69, 9.17) is 9.47 Å². The lowest BCUT2D eigenvalue weighted by Gasteiger charge is -2.17. The molecule has 0 radical (unpaired) electrons. The van der Waals surface area contributed by atoms with E-state index < -0.39 is 15.8 Å². The second kappa shape index (κ2) is 8.73. The van der Waals surface area contributed by atoms with Crippen molar-refractivity contribution in [3.05, 3.63) is 59.8 Å². The van der Waals surface area contributed by atoms with Crippen LogP contribution in [0.2, 0.25) is 0 Å². The zero-order valence-electron chi connectivity index (χ0n) is 19.2. The number of rotatable bonds is 6. The van der Waals surface area contributed by atoms with Gasteiger partial charge in [0.15, 0.2) is 9.84 Å². The van der Waals surface area contributed by atoms with Gasteiger partial charge in [-0.1, -0.05) is 0 Å². The summed E-state index contributed by atoms with van der Waals surface area (Å²) in [4.78, 5) is 27.5. The first-order chi connectivity index (χ1) is 16.8. The Balaban J connectivity index is 1.41. The van der Waals surface area contributed by atoms with Gasteiger partial charge in [-0.25, -0.2) is 13.1 Å². The molecule has 2 aromatic carbocycles. The fourth-order valence-corrected chi connectivity index (χ4v) is 5.89. The molecule has 1 saturated heterocycles. The number of nitrogens with zero attached hydrogens (tertiary/aromatic N) is 3. The first kappa shape index (κ1) is 22.9. The van der Waals surface area contributed by atoms with Crippen LogP contribution in [-0.4, -0.2) is 50.8 Å². The summed E-state index contributed by atoms with van der Waals surface area (Å²) in [7, 11) is -0.202. The van der Waals surface area contributed by atoms with Crippen LogP contribution in [0.1, 0.15) is 17.7 Å². The Hall–Kier alpha value is -3.86. The topological polar surface area (TPSA) is 120 Å². The molecule has 182 valence electrons. The molecule has 3 aromatic rings. The highest BCUT2D eigenvalue weighted by atomic mass is 32.2. The second-order valence-electron chi connectivity index (χ2n) is 8.51. The molecule has 0 saturated carbocycles. The van der Waals surface area contributed by atoms with Gasteiger partial charge < -0.3 is 19.7 Å². The highest BCUT2D eigenvalue weighted by Gasteiger charge is 2.38. The van der Waals surface area contributed by atoms with Crippen molar-refractivity contribution in [3.8, 4) is 17.2 Å². The summed E-state index contributed by atoms with van der Waals surface area (Å²) in [6.45, 7) is 0.216. The number of carbonyl (C=O) groups is 2. The number of aromatic nitrogens is 2. The number of fused-ring (bicyclic) bond motifs is 1. The fraction of sp³-hybridized carbons (Fsp3) is 0.292. The summed E-state index contributed by atoms with van der Waals surface area (Å²) in [5.41, 5.74) is 2.22. The minimum absolute atomic E-state index is 0.0506. The van der Waals surface area contributed by atoms with E-state index in [-0.39, 0.29) is 36.3 Å². The highest BCUT2D eigenvalue weighted by molar-refractivity contribution is 7.90. The number of ether oxygens (including phenoxy) is 2. The minimum Gasteiger partial charge on any atom is -0.497 e. The van der Waals surface area contributed by atoms with E-state index in [9.17, 15) is 18.0 Å². The van der Waals surface area contributed by atoms with Gasteiger partial charge in [0.2, 0.25) is 11.8 Å². The van der Waals surface area contributed by atoms with Gasteiger partial charge in [0, 0.05) is 24.2 Å². The molecule has 2 aliphatic heterocycles. The van der Waals surface area contributed by atoms with Gasteiger partial charge in [0.05, 0.1) is 43.0 Å². The first-order valence-corrected chi connectivity index (χ1v) is 12.8. The van der Waals surface area contributed by atoms with Crippen LogP contribution in [-0.2, 0) is 30.9 Å². The van der Waals surface area contributed by atoms with Crippen LogP contribution >= 0.6 is 0 Å². The molecule has 0 unspecified atom stereocenters. The molecular formula is C24H24N4O6S. The third kappa shape index (κ3) is 4.34. The molecule has 11 heteroatoms. The van der Waals surface area contributed by atoms with E-state index in [1.165, 1.54) is 4.68 Å². The molecule has 35 heavy (non-hydrogen) atoms. The smallest absolute Gasteiger partial charge is 0.230 e. The Labute approximate surface area is 202 Å². The van der Waals surface area contributed by atoms with Crippen molar-refractivity contribution in [3.63, 3.8) is 0 Å². The maximum atomic E-state index is 13.3. The van der Waals surface area contributed by atoms with Gasteiger partial charge in [0.1, 0.15) is 17.3 Å². The summed E-state index contributed by atoms with van der Waals surface area (Å²) in [5.74, 6) is 0.138. The number of amides is 2. The number of carbonyl (C=O) groups excluding carboxylic acids is 2. The van der Waals surface area contributed by atoms with Crippen LogP contribution in [0.15, 0.2) is 48.5 Å². The van der Waals surface area contributed by atoms with Gasteiger partial charge in [-0.3, -0.25) is 9.59 Å². The Bertz CT molecular complexity index is 1400. The molecule has 10 nitrogen and oxygen atoms in total. The molecule has 1 atom stereocenters. The van der Waals surface area contributed by atoms with E-state index >= 15 is 0 Å². The number of hydrogen-bond acceptors (Lipinski definition) is 7. The molecule has 1 fully saturated rings. The number of benzene rings is 2. The van der Waals surface area contributed by atoms with E-state index in [1.54, 1.807) is 67.7 Å². The van der Waals surface area contributed by atoms with Crippen molar-refractivity contribution in [1.29, 1.82) is 0 Å². The lowest BCUT2D eigenvalue weighted by molar-refractivity contribution is -0.122. The summed E-state index contributed by atoms with van der Waals surface area (Å²) in [6, 6.07) is 14.1. The molecule has 1 aromatic heterocycles. The molecular weight excluding hydrogens is 472 g/mol. The molecule has 3 heterocycles. The van der Waals surface area contributed by atoms with Crippen LogP contribution in [0.4, 0.5) is 11.5 Å². The zero-order valence-corrected chi connectivity index (χ0v) is 20.0. The molecule has 2 amide bonds. The van der Waals surface area contributed by atoms with Gasteiger partial charge in [0.25, 0.3) is 0 Å². The van der Waals surface area contributed by atoms with Crippen LogP contribution < -0.4 is 19.7 Å². The standard InChI is InChI=1S/C24H24N4O6S/c1-33-18-7-3-16(4-8-18)27-12-15(11-22(27)29)24(30)25-23-20-13-35(31,32)14-21(20)26-28(23)17-5-9-19(34-2)10-6-17/h3-10,15H,11-14H2,1-2H3,(H,25,30)/t15-/m1/s1. The van der Waals surface area contributed by atoms with Crippen LogP contribution in [0.3, 0.4) is 0 Å². The SMILES string of the molecule is COc1ccc(N2C[C@H](C(=O)Nc3c4c(nn3-c3ccc(OC)cc3)CS(=O)(=O)C4)CC2=O)cc1. The molecule has 0 spiro atoms. The van der Waals surface area contributed by atoms with Crippen molar-refractivity contribution in [2.45, 2.75) is 17.9 Å². The highest BCUT2D eigenvalue weighted by Crippen LogP contribution is 2.34. The second-order valence-corrected chi connectivity index (χ2v) is 10.6. The molecule has 5 rings (SSSR count). The molecule has 0 bridgehead atoms. The van der Waals surface area contributed by atoms with Gasteiger partial charge >= 0.3 is 0 Å². The van der Waals surface area contributed by atoms with E-state index in [1.807, 2.05) is 0 Å². The van der Waals surface area contributed by atoms with Crippen molar-refractivity contribution in [1.82, 2.24) is 9.78 Å². The lowest BCUT2D eigenvalue weighted by Crippen LogP contribution is -2.29. The lowest BCUT2D eigenvalue weighted by atomic mass is 10.1.